The van der Waals surface area contributed by atoms with Gasteiger partial charge in [0, 0.05) is 6.07 Å². The minimum Gasteiger partial charge on any atom is -0.478 e. The van der Waals surface area contributed by atoms with E-state index in [1.54, 1.807) is 0 Å². The monoisotopic (exact) mass is 192 g/mol. The van der Waals surface area contributed by atoms with Crippen LogP contribution in [0.25, 0.3) is 0 Å². The standard InChI is InChI=1S/C7H3ClF2O2/c8-4-1-3(9)2-5(10)6(4)7(11)12/h1-2H,(H,11,12). The van der Waals surface area contributed by atoms with E-state index in [9.17, 15) is 13.6 Å². The van der Waals surface area contributed by atoms with Gasteiger partial charge in [0.05, 0.1) is 5.02 Å². The average molecular weight is 193 g/mol. The maximum absolute atomic E-state index is 12.7. The first-order chi connectivity index (χ1) is 5.52. The number of carbonyl (C=O) groups is 1. The Balaban J connectivity index is 3.38. The van der Waals surface area contributed by atoms with Gasteiger partial charge < -0.3 is 5.11 Å². The van der Waals surface area contributed by atoms with Gasteiger partial charge in [-0.2, -0.15) is 0 Å². The number of hydrogen-bond donors (Lipinski definition) is 1. The molecule has 0 bridgehead atoms. The van der Waals surface area contributed by atoms with Crippen LogP contribution >= 0.6 is 11.6 Å². The maximum atomic E-state index is 12.7. The summed E-state index contributed by atoms with van der Waals surface area (Å²) in [6.07, 6.45) is 0. The van der Waals surface area contributed by atoms with Gasteiger partial charge in [-0.1, -0.05) is 11.6 Å². The quantitative estimate of drug-likeness (QED) is 0.742. The first-order valence-electron chi connectivity index (χ1n) is 2.90. The molecule has 5 heteroatoms. The molecule has 0 spiro atoms. The van der Waals surface area contributed by atoms with Gasteiger partial charge in [0.2, 0.25) is 0 Å². The summed E-state index contributed by atoms with van der Waals surface area (Å²) in [7, 11) is 0. The number of benzene rings is 1. The predicted octanol–water partition coefficient (Wildman–Crippen LogP) is 2.32. The van der Waals surface area contributed by atoms with Crippen LogP contribution in [0.5, 0.6) is 0 Å². The zero-order valence-corrected chi connectivity index (χ0v) is 6.40. The molecule has 0 aliphatic carbocycles. The Bertz CT molecular complexity index is 315. The highest BCUT2D eigenvalue weighted by atomic mass is 35.5. The molecule has 0 aromatic heterocycles. The molecule has 0 atom stereocenters. The van der Waals surface area contributed by atoms with Crippen molar-refractivity contribution in [2.45, 2.75) is 0 Å². The molecule has 1 N–H and O–H groups in total. The highest BCUT2D eigenvalue weighted by Gasteiger charge is 2.15. The third-order valence-corrected chi connectivity index (χ3v) is 1.52. The smallest absolute Gasteiger partial charge is 0.340 e. The van der Waals surface area contributed by atoms with E-state index >= 15 is 0 Å². The molecular formula is C7H3ClF2O2. The molecule has 12 heavy (non-hydrogen) atoms. The van der Waals surface area contributed by atoms with Crippen molar-refractivity contribution in [1.82, 2.24) is 0 Å². The average Bonchev–Trinajstić information content (AvgIpc) is 1.82. The lowest BCUT2D eigenvalue weighted by Gasteiger charge is -1.99. The van der Waals surface area contributed by atoms with Crippen molar-refractivity contribution in [3.05, 3.63) is 34.4 Å². The maximum Gasteiger partial charge on any atom is 0.340 e. The second-order valence-electron chi connectivity index (χ2n) is 2.05. The first kappa shape index (κ1) is 8.93. The fraction of sp³-hybridized carbons (Fsp3) is 0. The molecule has 0 saturated heterocycles. The molecule has 1 aromatic rings. The summed E-state index contributed by atoms with van der Waals surface area (Å²) < 4.78 is 25.0. The van der Waals surface area contributed by atoms with E-state index in [2.05, 4.69) is 0 Å². The van der Waals surface area contributed by atoms with E-state index in [0.717, 1.165) is 6.07 Å². The lowest BCUT2D eigenvalue weighted by Crippen LogP contribution is -2.02. The van der Waals surface area contributed by atoms with E-state index in [1.165, 1.54) is 0 Å². The summed E-state index contributed by atoms with van der Waals surface area (Å²) >= 11 is 5.27. The Morgan fingerprint density at radius 1 is 1.42 bits per heavy atom. The third kappa shape index (κ3) is 1.53. The van der Waals surface area contributed by atoms with Gasteiger partial charge in [-0.05, 0) is 6.07 Å². The predicted molar refractivity (Wildman–Crippen MR) is 38.3 cm³/mol. The largest absolute Gasteiger partial charge is 0.478 e. The highest BCUT2D eigenvalue weighted by Crippen LogP contribution is 2.20. The van der Waals surface area contributed by atoms with E-state index < -0.39 is 28.2 Å². The molecular weight excluding hydrogens is 190 g/mol. The molecule has 0 aliphatic heterocycles. The summed E-state index contributed by atoms with van der Waals surface area (Å²) in [5.41, 5.74) is -0.710. The summed E-state index contributed by atoms with van der Waals surface area (Å²) in [4.78, 5) is 10.3. The van der Waals surface area contributed by atoms with Crippen LogP contribution in [0.3, 0.4) is 0 Å². The van der Waals surface area contributed by atoms with Gasteiger partial charge in [0.15, 0.2) is 0 Å². The summed E-state index contributed by atoms with van der Waals surface area (Å²) in [5.74, 6) is -3.59. The topological polar surface area (TPSA) is 37.3 Å². The van der Waals surface area contributed by atoms with E-state index in [0.29, 0.717) is 6.07 Å². The zero-order chi connectivity index (χ0) is 9.30. The fourth-order valence-electron chi connectivity index (χ4n) is 0.747. The molecule has 0 saturated carbocycles. The van der Waals surface area contributed by atoms with Crippen LogP contribution in [-0.4, -0.2) is 11.1 Å². The molecule has 1 rings (SSSR count). The molecule has 2 nitrogen and oxygen atoms in total. The van der Waals surface area contributed by atoms with Crippen molar-refractivity contribution >= 4 is 17.6 Å². The number of rotatable bonds is 1. The van der Waals surface area contributed by atoms with Crippen LogP contribution in [-0.2, 0) is 0 Å². The molecule has 0 fully saturated rings. The highest BCUT2D eigenvalue weighted by molar-refractivity contribution is 6.33. The van der Waals surface area contributed by atoms with Crippen molar-refractivity contribution in [1.29, 1.82) is 0 Å². The third-order valence-electron chi connectivity index (χ3n) is 1.22. The molecule has 64 valence electrons. The number of hydrogen-bond acceptors (Lipinski definition) is 1. The molecule has 0 radical (unpaired) electrons. The Labute approximate surface area is 71.4 Å². The zero-order valence-electron chi connectivity index (χ0n) is 5.64. The van der Waals surface area contributed by atoms with E-state index in [4.69, 9.17) is 16.7 Å². The lowest BCUT2D eigenvalue weighted by molar-refractivity contribution is 0.0692. The second-order valence-corrected chi connectivity index (χ2v) is 2.46. The molecule has 0 amide bonds. The van der Waals surface area contributed by atoms with Crippen LogP contribution in [0.2, 0.25) is 5.02 Å². The van der Waals surface area contributed by atoms with E-state index in [-0.39, 0.29) is 0 Å². The van der Waals surface area contributed by atoms with Crippen molar-refractivity contribution in [3.63, 3.8) is 0 Å². The molecule has 0 unspecified atom stereocenters. The van der Waals surface area contributed by atoms with E-state index in [1.807, 2.05) is 0 Å². The second kappa shape index (κ2) is 3.06. The van der Waals surface area contributed by atoms with Crippen LogP contribution in [0.4, 0.5) is 8.78 Å². The summed E-state index contributed by atoms with van der Waals surface area (Å²) in [6.45, 7) is 0. The minimum atomic E-state index is -1.52. The van der Waals surface area contributed by atoms with Crippen LogP contribution in [0.15, 0.2) is 12.1 Å². The first-order valence-corrected chi connectivity index (χ1v) is 3.28. The number of aromatic carboxylic acids is 1. The van der Waals surface area contributed by atoms with Crippen LogP contribution in [0, 0.1) is 11.6 Å². The van der Waals surface area contributed by atoms with Crippen molar-refractivity contribution < 1.29 is 18.7 Å². The lowest BCUT2D eigenvalue weighted by atomic mass is 10.2. The SMILES string of the molecule is O=C(O)c1c(F)cc(F)cc1Cl. The molecule has 0 heterocycles. The van der Waals surface area contributed by atoms with Crippen LogP contribution < -0.4 is 0 Å². The Hall–Kier alpha value is -1.16. The number of carboxylic acid groups (broad SMARTS) is 1. The minimum absolute atomic E-state index is 0.444. The Morgan fingerprint density at radius 2 is 2.00 bits per heavy atom. The summed E-state index contributed by atoms with van der Waals surface area (Å²) in [6, 6.07) is 1.21. The molecule has 0 aliphatic rings. The van der Waals surface area contributed by atoms with Gasteiger partial charge in [0.1, 0.15) is 17.2 Å². The van der Waals surface area contributed by atoms with Gasteiger partial charge in [0.25, 0.3) is 0 Å². The molecule has 1 aromatic carbocycles. The van der Waals surface area contributed by atoms with Gasteiger partial charge >= 0.3 is 5.97 Å². The van der Waals surface area contributed by atoms with Gasteiger partial charge in [-0.25, -0.2) is 13.6 Å². The van der Waals surface area contributed by atoms with Crippen molar-refractivity contribution in [2.75, 3.05) is 0 Å². The Kier molecular flexibility index (Phi) is 2.28. The summed E-state index contributed by atoms with van der Waals surface area (Å²) in [5, 5.41) is 7.95. The number of halogens is 3. The van der Waals surface area contributed by atoms with Gasteiger partial charge in [-0.3, -0.25) is 0 Å². The Morgan fingerprint density at radius 3 is 2.42 bits per heavy atom. The number of carboxylic acids is 1. The van der Waals surface area contributed by atoms with Crippen molar-refractivity contribution in [2.24, 2.45) is 0 Å². The normalized spacial score (nSPS) is 9.92. The fourth-order valence-corrected chi connectivity index (χ4v) is 1.02. The van der Waals surface area contributed by atoms with Crippen molar-refractivity contribution in [3.8, 4) is 0 Å². The van der Waals surface area contributed by atoms with Gasteiger partial charge in [-0.15, -0.1) is 0 Å². The van der Waals surface area contributed by atoms with Crippen LogP contribution in [0.1, 0.15) is 10.4 Å².